The Hall–Kier alpha value is -0.590. The summed E-state index contributed by atoms with van der Waals surface area (Å²) in [6.45, 7) is 1.80. The van der Waals surface area contributed by atoms with Gasteiger partial charge in [-0.3, -0.25) is 0 Å². The van der Waals surface area contributed by atoms with Gasteiger partial charge >= 0.3 is 0 Å². The Kier molecular flexibility index (Phi) is 6.54. The lowest BCUT2D eigenvalue weighted by atomic mass is 10.2. The molecule has 0 heterocycles. The Morgan fingerprint density at radius 1 is 1.47 bits per heavy atom. The van der Waals surface area contributed by atoms with E-state index in [-0.39, 0.29) is 0 Å². The first-order chi connectivity index (χ1) is 8.13. The molecule has 0 saturated heterocycles. The molecule has 1 rings (SSSR count). The van der Waals surface area contributed by atoms with Gasteiger partial charge in [-0.25, -0.2) is 4.99 Å². The van der Waals surface area contributed by atoms with E-state index in [4.69, 9.17) is 10.5 Å². The number of benzene rings is 1. The normalized spacial score (nSPS) is 11.6. The minimum Gasteiger partial charge on any atom is -0.383 e. The number of hydrogen-bond acceptors (Lipinski definition) is 2. The quantitative estimate of drug-likeness (QED) is 0.478. The topological polar surface area (TPSA) is 59.6 Å². The van der Waals surface area contributed by atoms with Crippen LogP contribution in [0.1, 0.15) is 5.56 Å². The third-order valence-electron chi connectivity index (χ3n) is 2.04. The molecular formula is C11H15Br2N3O. The zero-order valence-corrected chi connectivity index (χ0v) is 12.7. The van der Waals surface area contributed by atoms with Crippen molar-refractivity contribution in [1.29, 1.82) is 0 Å². The van der Waals surface area contributed by atoms with Gasteiger partial charge in [0.25, 0.3) is 0 Å². The van der Waals surface area contributed by atoms with E-state index in [1.54, 1.807) is 7.11 Å². The number of ether oxygens (including phenoxy) is 1. The van der Waals surface area contributed by atoms with Crippen LogP contribution < -0.4 is 11.1 Å². The van der Waals surface area contributed by atoms with Crippen LogP contribution in [0.4, 0.5) is 0 Å². The van der Waals surface area contributed by atoms with Gasteiger partial charge in [-0.1, -0.05) is 31.9 Å². The molecule has 3 N–H and O–H groups in total. The first-order valence-electron chi connectivity index (χ1n) is 5.10. The van der Waals surface area contributed by atoms with Crippen molar-refractivity contribution in [2.75, 3.05) is 20.3 Å². The summed E-state index contributed by atoms with van der Waals surface area (Å²) in [5.74, 6) is 0.425. The lowest BCUT2D eigenvalue weighted by Gasteiger charge is -2.06. The van der Waals surface area contributed by atoms with Crippen LogP contribution >= 0.6 is 31.9 Å². The van der Waals surface area contributed by atoms with Crippen molar-refractivity contribution in [1.82, 2.24) is 5.32 Å². The summed E-state index contributed by atoms with van der Waals surface area (Å²) in [5, 5.41) is 2.96. The predicted molar refractivity (Wildman–Crippen MR) is 77.0 cm³/mol. The second-order valence-corrected chi connectivity index (χ2v) is 5.13. The van der Waals surface area contributed by atoms with Crippen molar-refractivity contribution in [3.63, 3.8) is 0 Å². The summed E-state index contributed by atoms with van der Waals surface area (Å²) in [4.78, 5) is 4.25. The molecule has 0 spiro atoms. The maximum atomic E-state index is 5.71. The number of methoxy groups -OCH3 is 1. The van der Waals surface area contributed by atoms with E-state index >= 15 is 0 Å². The first kappa shape index (κ1) is 14.5. The summed E-state index contributed by atoms with van der Waals surface area (Å²) in [6, 6.07) is 5.96. The van der Waals surface area contributed by atoms with Crippen LogP contribution in [0.2, 0.25) is 0 Å². The zero-order valence-electron chi connectivity index (χ0n) is 9.54. The van der Waals surface area contributed by atoms with E-state index in [0.29, 0.717) is 25.7 Å². The lowest BCUT2D eigenvalue weighted by Crippen LogP contribution is -2.34. The van der Waals surface area contributed by atoms with Crippen LogP contribution in [0, 0.1) is 0 Å². The van der Waals surface area contributed by atoms with E-state index in [1.165, 1.54) is 0 Å². The van der Waals surface area contributed by atoms with Crippen molar-refractivity contribution in [3.05, 3.63) is 32.7 Å². The zero-order chi connectivity index (χ0) is 12.7. The third kappa shape index (κ3) is 5.52. The fourth-order valence-corrected chi connectivity index (χ4v) is 1.95. The fraction of sp³-hybridized carbons (Fsp3) is 0.364. The Bertz CT molecular complexity index is 396. The maximum Gasteiger partial charge on any atom is 0.188 e. The molecule has 4 nitrogen and oxygen atoms in total. The minimum atomic E-state index is 0.425. The van der Waals surface area contributed by atoms with Crippen LogP contribution in [0.3, 0.4) is 0 Å². The van der Waals surface area contributed by atoms with Gasteiger partial charge in [0, 0.05) is 22.6 Å². The smallest absolute Gasteiger partial charge is 0.188 e. The third-order valence-corrected chi connectivity index (χ3v) is 3.31. The summed E-state index contributed by atoms with van der Waals surface area (Å²) in [7, 11) is 1.65. The predicted octanol–water partition coefficient (Wildman–Crippen LogP) is 2.26. The molecule has 6 heteroatoms. The number of guanidine groups is 1. The number of aliphatic imine (C=N–C) groups is 1. The molecule has 0 aliphatic heterocycles. The molecule has 0 atom stereocenters. The number of nitrogens with one attached hydrogen (secondary N) is 1. The standard InChI is InChI=1S/C11H15Br2N3O/c1-17-5-4-15-11(14)16-7-8-6-9(12)2-3-10(8)13/h2-3,6H,4-5,7H2,1H3,(H3,14,15,16). The second-order valence-electron chi connectivity index (χ2n) is 3.36. The molecule has 17 heavy (non-hydrogen) atoms. The van der Waals surface area contributed by atoms with Crippen LogP contribution in [-0.2, 0) is 11.3 Å². The van der Waals surface area contributed by atoms with Gasteiger partial charge in [0.05, 0.1) is 13.2 Å². The molecule has 0 aromatic heterocycles. The number of rotatable bonds is 5. The first-order valence-corrected chi connectivity index (χ1v) is 6.68. The van der Waals surface area contributed by atoms with E-state index in [0.717, 1.165) is 14.5 Å². The highest BCUT2D eigenvalue weighted by Gasteiger charge is 2.00. The molecule has 0 amide bonds. The number of nitrogens with two attached hydrogens (primary N) is 1. The summed E-state index contributed by atoms with van der Waals surface area (Å²) < 4.78 is 6.95. The van der Waals surface area contributed by atoms with Crippen molar-refractivity contribution in [2.24, 2.45) is 10.7 Å². The molecule has 0 saturated carbocycles. The Morgan fingerprint density at radius 2 is 2.24 bits per heavy atom. The van der Waals surface area contributed by atoms with Crippen molar-refractivity contribution in [2.45, 2.75) is 6.54 Å². The average molecular weight is 365 g/mol. The van der Waals surface area contributed by atoms with Crippen LogP contribution in [0.15, 0.2) is 32.1 Å². The molecule has 0 radical (unpaired) electrons. The van der Waals surface area contributed by atoms with Crippen LogP contribution in [0.25, 0.3) is 0 Å². The Morgan fingerprint density at radius 3 is 2.94 bits per heavy atom. The lowest BCUT2D eigenvalue weighted by molar-refractivity contribution is 0.204. The molecule has 0 aliphatic carbocycles. The van der Waals surface area contributed by atoms with Gasteiger partial charge in [0.1, 0.15) is 0 Å². The monoisotopic (exact) mass is 363 g/mol. The largest absolute Gasteiger partial charge is 0.383 e. The number of halogens is 2. The van der Waals surface area contributed by atoms with Gasteiger partial charge in [-0.15, -0.1) is 0 Å². The van der Waals surface area contributed by atoms with E-state index in [1.807, 2.05) is 18.2 Å². The van der Waals surface area contributed by atoms with Gasteiger partial charge in [-0.05, 0) is 23.8 Å². The molecule has 1 aromatic rings. The molecule has 0 bridgehead atoms. The highest BCUT2D eigenvalue weighted by Crippen LogP contribution is 2.22. The SMILES string of the molecule is COCCNC(N)=NCc1cc(Br)ccc1Br. The molecule has 1 aromatic carbocycles. The maximum absolute atomic E-state index is 5.71. The van der Waals surface area contributed by atoms with Crippen molar-refractivity contribution >= 4 is 37.8 Å². The molecule has 0 fully saturated rings. The highest BCUT2D eigenvalue weighted by molar-refractivity contribution is 9.11. The van der Waals surface area contributed by atoms with Gasteiger partial charge < -0.3 is 15.8 Å². The van der Waals surface area contributed by atoms with Crippen molar-refractivity contribution in [3.8, 4) is 0 Å². The van der Waals surface area contributed by atoms with E-state index in [9.17, 15) is 0 Å². The summed E-state index contributed by atoms with van der Waals surface area (Å²) in [5.41, 5.74) is 6.79. The number of nitrogens with zero attached hydrogens (tertiary/aromatic N) is 1. The van der Waals surface area contributed by atoms with Crippen LogP contribution in [0.5, 0.6) is 0 Å². The summed E-state index contributed by atoms with van der Waals surface area (Å²) in [6.07, 6.45) is 0. The highest BCUT2D eigenvalue weighted by atomic mass is 79.9. The van der Waals surface area contributed by atoms with E-state index in [2.05, 4.69) is 42.2 Å². The fourth-order valence-electron chi connectivity index (χ4n) is 1.17. The van der Waals surface area contributed by atoms with Gasteiger partial charge in [0.2, 0.25) is 0 Å². The molecule has 0 unspecified atom stereocenters. The van der Waals surface area contributed by atoms with Crippen LogP contribution in [-0.4, -0.2) is 26.2 Å². The minimum absolute atomic E-state index is 0.425. The Balaban J connectivity index is 2.53. The van der Waals surface area contributed by atoms with Gasteiger partial charge in [-0.2, -0.15) is 0 Å². The Labute approximate surface area is 118 Å². The number of hydrogen-bond donors (Lipinski definition) is 2. The van der Waals surface area contributed by atoms with Gasteiger partial charge in [0.15, 0.2) is 5.96 Å². The van der Waals surface area contributed by atoms with Crippen molar-refractivity contribution < 1.29 is 4.74 Å². The molecule has 0 aliphatic rings. The molecular weight excluding hydrogens is 350 g/mol. The average Bonchev–Trinajstić information content (AvgIpc) is 2.31. The second kappa shape index (κ2) is 7.68. The molecule has 94 valence electrons. The van der Waals surface area contributed by atoms with E-state index < -0.39 is 0 Å². The summed E-state index contributed by atoms with van der Waals surface area (Å²) >= 11 is 6.89.